The highest BCUT2D eigenvalue weighted by molar-refractivity contribution is 9.10. The summed E-state index contributed by atoms with van der Waals surface area (Å²) in [5.41, 5.74) is 0.0621. The van der Waals surface area contributed by atoms with E-state index in [0.717, 1.165) is 10.5 Å². The topological polar surface area (TPSA) is 90.9 Å². The third-order valence-corrected chi connectivity index (χ3v) is 4.41. The van der Waals surface area contributed by atoms with Crippen molar-refractivity contribution >= 4 is 42.8 Å². The van der Waals surface area contributed by atoms with E-state index in [2.05, 4.69) is 31.9 Å². The van der Waals surface area contributed by atoms with Crippen molar-refractivity contribution in [2.24, 2.45) is 0 Å². The molecule has 0 atom stereocenters. The van der Waals surface area contributed by atoms with Crippen molar-refractivity contribution in [1.82, 2.24) is 0 Å². The van der Waals surface area contributed by atoms with Gasteiger partial charge in [0, 0.05) is 16.1 Å². The van der Waals surface area contributed by atoms with Crippen LogP contribution >= 0.6 is 31.9 Å². The van der Waals surface area contributed by atoms with Crippen molar-refractivity contribution in [1.29, 1.82) is 0 Å². The fourth-order valence-electron chi connectivity index (χ4n) is 2.08. The molecule has 0 aliphatic rings. The number of halogens is 2. The zero-order valence-electron chi connectivity index (χ0n) is 10.8. The molecule has 3 N–H and O–H groups in total. The van der Waals surface area contributed by atoms with Crippen LogP contribution in [0.25, 0.3) is 22.3 Å². The van der Waals surface area contributed by atoms with Crippen LogP contribution < -0.4 is 5.43 Å². The summed E-state index contributed by atoms with van der Waals surface area (Å²) in [6.07, 6.45) is 0. The Kier molecular flexibility index (Phi) is 3.62. The van der Waals surface area contributed by atoms with Crippen LogP contribution in [0.15, 0.2) is 48.5 Å². The van der Waals surface area contributed by atoms with Crippen molar-refractivity contribution in [2.45, 2.75) is 0 Å². The van der Waals surface area contributed by atoms with Crippen LogP contribution in [0.3, 0.4) is 0 Å². The zero-order valence-corrected chi connectivity index (χ0v) is 14.0. The van der Waals surface area contributed by atoms with E-state index < -0.39 is 22.7 Å². The summed E-state index contributed by atoms with van der Waals surface area (Å²) >= 11 is 6.48. The molecule has 1 heterocycles. The van der Waals surface area contributed by atoms with Crippen LogP contribution in [-0.4, -0.2) is 15.3 Å². The summed E-state index contributed by atoms with van der Waals surface area (Å²) in [5.74, 6) is -1.79. The van der Waals surface area contributed by atoms with Gasteiger partial charge >= 0.3 is 0 Å². The maximum absolute atomic E-state index is 12.4. The predicted molar refractivity (Wildman–Crippen MR) is 88.3 cm³/mol. The van der Waals surface area contributed by atoms with E-state index in [4.69, 9.17) is 4.42 Å². The SMILES string of the molecule is O=c1c(Br)c(-c2ccc(Br)cc2)oc2cc(O)c(O)c(O)c12. The minimum absolute atomic E-state index is 0.0288. The molecule has 1 aromatic heterocycles. The molecule has 0 saturated heterocycles. The van der Waals surface area contributed by atoms with Gasteiger partial charge < -0.3 is 19.7 Å². The fraction of sp³-hybridized carbons (Fsp3) is 0. The molecule has 7 heteroatoms. The molecule has 0 spiro atoms. The summed E-state index contributed by atoms with van der Waals surface area (Å²) in [5, 5.41) is 28.7. The zero-order chi connectivity index (χ0) is 16.0. The lowest BCUT2D eigenvalue weighted by Crippen LogP contribution is -2.04. The van der Waals surface area contributed by atoms with Gasteiger partial charge in [-0.3, -0.25) is 4.79 Å². The number of benzene rings is 2. The molecule has 0 bridgehead atoms. The molecule has 0 amide bonds. The first kappa shape index (κ1) is 14.9. The summed E-state index contributed by atoms with van der Waals surface area (Å²) in [4.78, 5) is 12.4. The van der Waals surface area contributed by atoms with Gasteiger partial charge in [-0.25, -0.2) is 0 Å². The van der Waals surface area contributed by atoms with Gasteiger partial charge in [-0.2, -0.15) is 0 Å². The predicted octanol–water partition coefficient (Wildman–Crippen LogP) is 4.10. The van der Waals surface area contributed by atoms with Crippen molar-refractivity contribution in [3.8, 4) is 28.6 Å². The highest BCUT2D eigenvalue weighted by Gasteiger charge is 2.20. The molecule has 0 aliphatic heterocycles. The molecule has 3 aromatic rings. The molecule has 0 unspecified atom stereocenters. The van der Waals surface area contributed by atoms with Crippen molar-refractivity contribution in [3.63, 3.8) is 0 Å². The Bertz CT molecular complexity index is 945. The largest absolute Gasteiger partial charge is 0.504 e. The third kappa shape index (κ3) is 2.26. The van der Waals surface area contributed by atoms with Gasteiger partial charge in [-0.05, 0) is 28.1 Å². The molecule has 5 nitrogen and oxygen atoms in total. The highest BCUT2D eigenvalue weighted by atomic mass is 79.9. The Morgan fingerprint density at radius 3 is 2.23 bits per heavy atom. The summed E-state index contributed by atoms with van der Waals surface area (Å²) in [6, 6.07) is 8.16. The number of hydrogen-bond donors (Lipinski definition) is 3. The molecule has 0 fully saturated rings. The first-order valence-corrected chi connectivity index (χ1v) is 7.65. The second-order valence-electron chi connectivity index (χ2n) is 4.55. The van der Waals surface area contributed by atoms with E-state index in [0.29, 0.717) is 5.56 Å². The second kappa shape index (κ2) is 5.33. The highest BCUT2D eigenvalue weighted by Crippen LogP contribution is 2.41. The minimum Gasteiger partial charge on any atom is -0.504 e. The summed E-state index contributed by atoms with van der Waals surface area (Å²) < 4.78 is 6.61. The number of aromatic hydroxyl groups is 3. The first-order valence-electron chi connectivity index (χ1n) is 6.06. The average molecular weight is 428 g/mol. The number of phenols is 3. The maximum atomic E-state index is 12.4. The Morgan fingerprint density at radius 1 is 0.955 bits per heavy atom. The molecular formula is C15H8Br2O5. The molecule has 0 radical (unpaired) electrons. The molecule has 3 rings (SSSR count). The lowest BCUT2D eigenvalue weighted by molar-refractivity contribution is 0.370. The van der Waals surface area contributed by atoms with Gasteiger partial charge in [0.2, 0.25) is 11.2 Å². The minimum atomic E-state index is -0.761. The monoisotopic (exact) mass is 426 g/mol. The van der Waals surface area contributed by atoms with E-state index in [1.807, 2.05) is 0 Å². The average Bonchev–Trinajstić information content (AvgIpc) is 2.49. The maximum Gasteiger partial charge on any atom is 0.211 e. The van der Waals surface area contributed by atoms with Crippen LogP contribution in [0.5, 0.6) is 17.2 Å². The van der Waals surface area contributed by atoms with Crippen molar-refractivity contribution in [3.05, 3.63) is 49.5 Å². The third-order valence-electron chi connectivity index (χ3n) is 3.16. The van der Waals surface area contributed by atoms with E-state index in [1.165, 1.54) is 0 Å². The van der Waals surface area contributed by atoms with Crippen LogP contribution in [0, 0.1) is 0 Å². The van der Waals surface area contributed by atoms with E-state index in [1.54, 1.807) is 24.3 Å². The van der Waals surface area contributed by atoms with Crippen LogP contribution in [0.1, 0.15) is 0 Å². The van der Waals surface area contributed by atoms with Gasteiger partial charge in [-0.1, -0.05) is 28.1 Å². The molecule has 112 valence electrons. The number of rotatable bonds is 1. The Labute approximate surface area is 140 Å². The van der Waals surface area contributed by atoms with Crippen LogP contribution in [0.4, 0.5) is 0 Å². The lowest BCUT2D eigenvalue weighted by atomic mass is 10.1. The molecule has 0 aliphatic carbocycles. The quantitative estimate of drug-likeness (QED) is 0.508. The fourth-order valence-corrected chi connectivity index (χ4v) is 2.85. The van der Waals surface area contributed by atoms with Gasteiger partial charge in [-0.15, -0.1) is 0 Å². The number of phenolic OH excluding ortho intramolecular Hbond substituents is 3. The first-order chi connectivity index (χ1) is 10.4. The molecule has 2 aromatic carbocycles. The van der Waals surface area contributed by atoms with Gasteiger partial charge in [0.25, 0.3) is 0 Å². The van der Waals surface area contributed by atoms with Crippen LogP contribution in [-0.2, 0) is 0 Å². The van der Waals surface area contributed by atoms with Crippen LogP contribution in [0.2, 0.25) is 0 Å². The standard InChI is InChI=1S/C15H8Br2O5/c16-7-3-1-6(2-4-7)15-11(17)13(20)10-9(22-15)5-8(18)12(19)14(10)21/h1-5,18-19,21H. The van der Waals surface area contributed by atoms with E-state index in [-0.39, 0.29) is 21.2 Å². The molecule has 0 saturated carbocycles. The van der Waals surface area contributed by atoms with Crippen molar-refractivity contribution in [2.75, 3.05) is 0 Å². The van der Waals surface area contributed by atoms with E-state index >= 15 is 0 Å². The Morgan fingerprint density at radius 2 is 1.59 bits per heavy atom. The second-order valence-corrected chi connectivity index (χ2v) is 6.26. The smallest absolute Gasteiger partial charge is 0.211 e. The Hall–Kier alpha value is -1.99. The normalized spacial score (nSPS) is 11.0. The Balaban J connectivity index is 2.39. The summed E-state index contributed by atoms with van der Waals surface area (Å²) in [7, 11) is 0. The summed E-state index contributed by atoms with van der Waals surface area (Å²) in [6.45, 7) is 0. The van der Waals surface area contributed by atoms with E-state index in [9.17, 15) is 20.1 Å². The number of hydrogen-bond acceptors (Lipinski definition) is 5. The van der Waals surface area contributed by atoms with Gasteiger partial charge in [0.15, 0.2) is 17.3 Å². The lowest BCUT2D eigenvalue weighted by Gasteiger charge is -2.09. The van der Waals surface area contributed by atoms with Gasteiger partial charge in [0.05, 0.1) is 0 Å². The number of fused-ring (bicyclic) bond motifs is 1. The molecule has 22 heavy (non-hydrogen) atoms. The van der Waals surface area contributed by atoms with Gasteiger partial charge in [0.1, 0.15) is 15.4 Å². The molecular weight excluding hydrogens is 420 g/mol. The van der Waals surface area contributed by atoms with Crippen molar-refractivity contribution < 1.29 is 19.7 Å².